The van der Waals surface area contributed by atoms with Crippen LogP contribution in [0.15, 0.2) is 97.3 Å². The summed E-state index contributed by atoms with van der Waals surface area (Å²) in [5.74, 6) is 0. The summed E-state index contributed by atoms with van der Waals surface area (Å²) in [6.45, 7) is 20.0. The molecule has 0 aliphatic rings. The molecule has 0 fully saturated rings. The van der Waals surface area contributed by atoms with Crippen molar-refractivity contribution >= 4 is 44.9 Å². The summed E-state index contributed by atoms with van der Waals surface area (Å²) in [5.41, 5.74) is 10.8. The van der Waals surface area contributed by atoms with E-state index in [1.807, 2.05) is 18.5 Å². The van der Waals surface area contributed by atoms with Crippen LogP contribution < -0.4 is 5.19 Å². The van der Waals surface area contributed by atoms with Gasteiger partial charge in [-0.1, -0.05) is 87.8 Å². The number of thiophene rings is 1. The van der Waals surface area contributed by atoms with Gasteiger partial charge in [0.15, 0.2) is 0 Å². The van der Waals surface area contributed by atoms with E-state index in [4.69, 9.17) is 9.10 Å². The first-order valence-corrected chi connectivity index (χ1v) is 20.6. The maximum absolute atomic E-state index is 7.64. The van der Waals surface area contributed by atoms with Gasteiger partial charge in [-0.15, -0.1) is 59.6 Å². The molecular weight excluding hydrogens is 811 g/mol. The molecule has 251 valence electrons. The Morgan fingerprint density at radius 2 is 1.49 bits per heavy atom. The molecule has 0 atom stereocenters. The number of hydrogen-bond donors (Lipinski definition) is 0. The normalized spacial score (nSPS) is 12.5. The molecule has 0 saturated heterocycles. The first-order chi connectivity index (χ1) is 24.0. The van der Waals surface area contributed by atoms with Crippen LogP contribution in [0.5, 0.6) is 0 Å². The van der Waals surface area contributed by atoms with E-state index >= 15 is 0 Å². The van der Waals surface area contributed by atoms with E-state index in [1.165, 1.54) is 54.5 Å². The molecular formula is C43H43IrN3SSi-2. The number of nitrogens with zero attached hydrogens (tertiary/aromatic N) is 3. The molecule has 0 aliphatic carbocycles. The van der Waals surface area contributed by atoms with Crippen LogP contribution in [0.4, 0.5) is 0 Å². The van der Waals surface area contributed by atoms with Crippen molar-refractivity contribution in [2.45, 2.75) is 66.6 Å². The van der Waals surface area contributed by atoms with Gasteiger partial charge in [0.25, 0.3) is 0 Å². The van der Waals surface area contributed by atoms with E-state index in [0.717, 1.165) is 21.8 Å². The first-order valence-electron chi connectivity index (χ1n) is 17.8. The topological polar surface area (TPSA) is 38.7 Å². The zero-order valence-corrected chi connectivity index (χ0v) is 33.8. The van der Waals surface area contributed by atoms with Crippen LogP contribution in [0.25, 0.3) is 54.1 Å². The van der Waals surface area contributed by atoms with Crippen molar-refractivity contribution in [3.63, 3.8) is 0 Å². The average Bonchev–Trinajstić information content (AvgIpc) is 3.43. The van der Waals surface area contributed by atoms with Crippen molar-refractivity contribution in [2.75, 3.05) is 0 Å². The van der Waals surface area contributed by atoms with Crippen molar-refractivity contribution in [1.82, 2.24) is 15.0 Å². The van der Waals surface area contributed by atoms with E-state index in [2.05, 4.69) is 138 Å². The summed E-state index contributed by atoms with van der Waals surface area (Å²) in [6, 6.07) is 29.1. The Morgan fingerprint density at radius 1 is 0.755 bits per heavy atom. The Bertz CT molecular complexity index is 2370. The number of pyridine rings is 3. The third-order valence-electron chi connectivity index (χ3n) is 8.56. The number of aryl methyl sites for hydroxylation is 3. The van der Waals surface area contributed by atoms with Crippen LogP contribution in [0.3, 0.4) is 0 Å². The molecule has 0 aliphatic heterocycles. The number of fused-ring (bicyclic) bond motifs is 3. The van der Waals surface area contributed by atoms with Gasteiger partial charge in [-0.05, 0) is 83.0 Å². The third kappa shape index (κ3) is 8.16. The van der Waals surface area contributed by atoms with Gasteiger partial charge in [0.1, 0.15) is 4.83 Å². The Kier molecular flexibility index (Phi) is 9.64. The first kappa shape index (κ1) is 32.4. The molecule has 4 aromatic heterocycles. The van der Waals surface area contributed by atoms with Gasteiger partial charge in [-0.2, -0.15) is 11.3 Å². The minimum absolute atomic E-state index is 0. The molecule has 3 aromatic carbocycles. The maximum atomic E-state index is 7.64. The SMILES string of the molecule is Cc1cc(C)c(-c2ccc3c(n2)sc2c[c-]c(-c4cc(C(C)(C)C)ccn4)cc23)c(C)c1.[2H]c1[c-]c(-c2ccc([Si](C)(C)C)cn2)cc([2H])c1[2H].[Ir]. The predicted molar refractivity (Wildman–Crippen MR) is 209 cm³/mol. The van der Waals surface area contributed by atoms with Gasteiger partial charge in [0.05, 0.1) is 13.8 Å². The molecule has 0 N–H and O–H groups in total. The second-order valence-electron chi connectivity index (χ2n) is 14.5. The Hall–Kier alpha value is -3.80. The number of hydrogen-bond acceptors (Lipinski definition) is 4. The van der Waals surface area contributed by atoms with Crippen molar-refractivity contribution in [2.24, 2.45) is 0 Å². The standard InChI is InChI=1S/C29H27N2S.C14H16NSi.Ir/c1-17-13-18(2)27(19(3)14-17)24-9-8-22-23-15-20(7-10-26(23)32-28(22)31-24)25-16-21(11-12-30-25)29(4,5)6;1-16(2,3)13-9-10-14(15-11-13)12-7-5-4-6-8-12;/h8-16H,1-6H3;4-7,9-11H,1-3H3;/q2*-1;/i;4D,5D,6D;. The molecule has 0 amide bonds. The average molecular weight is 857 g/mol. The Morgan fingerprint density at radius 3 is 2.14 bits per heavy atom. The second-order valence-corrected chi connectivity index (χ2v) is 20.6. The van der Waals surface area contributed by atoms with E-state index in [0.29, 0.717) is 11.3 Å². The van der Waals surface area contributed by atoms with Crippen molar-refractivity contribution in [1.29, 1.82) is 0 Å². The van der Waals surface area contributed by atoms with E-state index in [9.17, 15) is 0 Å². The summed E-state index contributed by atoms with van der Waals surface area (Å²) >= 11 is 1.73. The molecule has 3 nitrogen and oxygen atoms in total. The maximum Gasteiger partial charge on any atom is 0.114 e. The van der Waals surface area contributed by atoms with Gasteiger partial charge in [-0.25, -0.2) is 4.98 Å². The fraction of sp³-hybridized carbons (Fsp3) is 0.233. The van der Waals surface area contributed by atoms with E-state index in [-0.39, 0.29) is 43.6 Å². The third-order valence-corrected chi connectivity index (χ3v) is 11.6. The summed E-state index contributed by atoms with van der Waals surface area (Å²) in [7, 11) is -1.36. The molecule has 7 aromatic rings. The van der Waals surface area contributed by atoms with E-state index < -0.39 is 8.07 Å². The minimum atomic E-state index is -1.36. The van der Waals surface area contributed by atoms with Crippen LogP contribution in [-0.2, 0) is 25.5 Å². The zero-order valence-electron chi connectivity index (χ0n) is 32.6. The van der Waals surface area contributed by atoms with E-state index in [1.54, 1.807) is 11.3 Å². The van der Waals surface area contributed by atoms with Crippen LogP contribution in [0.2, 0.25) is 19.6 Å². The molecule has 7 rings (SSSR count). The molecule has 0 bridgehead atoms. The van der Waals surface area contributed by atoms with Crippen LogP contribution >= 0.6 is 11.3 Å². The minimum Gasteiger partial charge on any atom is -0.305 e. The number of rotatable bonds is 4. The smallest absolute Gasteiger partial charge is 0.114 e. The van der Waals surface area contributed by atoms with Crippen LogP contribution in [0, 0.1) is 32.9 Å². The molecule has 0 spiro atoms. The van der Waals surface area contributed by atoms with Crippen molar-refractivity contribution < 1.29 is 24.2 Å². The zero-order chi connectivity index (χ0) is 36.8. The number of aromatic nitrogens is 3. The fourth-order valence-corrected chi connectivity index (χ4v) is 8.00. The Balaban J connectivity index is 0.000000225. The molecule has 4 heterocycles. The number of benzene rings is 3. The van der Waals surface area contributed by atoms with Crippen molar-refractivity contribution in [3.05, 3.63) is 132 Å². The molecule has 1 radical (unpaired) electrons. The van der Waals surface area contributed by atoms with Crippen LogP contribution in [-0.4, -0.2) is 23.0 Å². The Labute approximate surface area is 314 Å². The molecule has 0 saturated carbocycles. The van der Waals surface area contributed by atoms with Gasteiger partial charge < -0.3 is 9.97 Å². The van der Waals surface area contributed by atoms with Crippen molar-refractivity contribution in [3.8, 4) is 33.8 Å². The molecule has 6 heteroatoms. The van der Waals surface area contributed by atoms with Crippen LogP contribution in [0.1, 0.15) is 47.1 Å². The van der Waals surface area contributed by atoms with Gasteiger partial charge >= 0.3 is 0 Å². The molecule has 0 unspecified atom stereocenters. The quantitative estimate of drug-likeness (QED) is 0.131. The monoisotopic (exact) mass is 857 g/mol. The van der Waals surface area contributed by atoms with Gasteiger partial charge in [-0.3, -0.25) is 0 Å². The second kappa shape index (κ2) is 14.6. The largest absolute Gasteiger partial charge is 0.305 e. The predicted octanol–water partition coefficient (Wildman–Crippen LogP) is 11.3. The summed E-state index contributed by atoms with van der Waals surface area (Å²) in [6.07, 6.45) is 3.77. The summed E-state index contributed by atoms with van der Waals surface area (Å²) < 4.78 is 24.0. The molecule has 49 heavy (non-hydrogen) atoms. The fourth-order valence-electron chi connectivity index (χ4n) is 5.93. The summed E-state index contributed by atoms with van der Waals surface area (Å²) in [4.78, 5) is 15.2. The van der Waals surface area contributed by atoms with Gasteiger partial charge in [0.2, 0.25) is 0 Å². The summed E-state index contributed by atoms with van der Waals surface area (Å²) in [5, 5.41) is 3.68. The van der Waals surface area contributed by atoms with Gasteiger partial charge in [0, 0.05) is 40.8 Å².